The molecule has 0 unspecified atom stereocenters. The molecule has 1 aliphatic carbocycles. The number of carbonyl (C=O) groups excluding carboxylic acids is 2. The average molecular weight is 939 g/mol. The summed E-state index contributed by atoms with van der Waals surface area (Å²) >= 11 is 0. The van der Waals surface area contributed by atoms with Gasteiger partial charge < -0.3 is 76.9 Å². The number of likely N-dealkylation sites (N-methyl/N-ethyl adjacent to an activating group) is 1. The predicted octanol–water partition coefficient (Wildman–Crippen LogP) is 3.44. The Balaban J connectivity index is 0.922. The van der Waals surface area contributed by atoms with Gasteiger partial charge in [0, 0.05) is 39.1 Å². The minimum absolute atomic E-state index is 0.0159. The molecule has 0 atom stereocenters. The fourth-order valence-corrected chi connectivity index (χ4v) is 6.23. The lowest BCUT2D eigenvalue weighted by atomic mass is 9.98. The highest BCUT2D eigenvalue weighted by Crippen LogP contribution is 2.44. The Labute approximate surface area is 389 Å². The summed E-state index contributed by atoms with van der Waals surface area (Å²) in [5, 5.41) is 11.2. The normalized spacial score (nSPS) is 12.0. The van der Waals surface area contributed by atoms with E-state index in [0.717, 1.165) is 0 Å². The maximum Gasteiger partial charge on any atom is 0.409 e. The van der Waals surface area contributed by atoms with Crippen molar-refractivity contribution in [2.24, 2.45) is 0 Å². The molecule has 374 valence electrons. The Kier molecular flexibility index (Phi) is 33.5. The number of aliphatic carboxylic acids is 1. The van der Waals surface area contributed by atoms with Crippen molar-refractivity contribution in [2.75, 3.05) is 185 Å². The molecule has 19 nitrogen and oxygen atoms in total. The zero-order valence-corrected chi connectivity index (χ0v) is 38.8. The first-order chi connectivity index (χ1) is 32.5. The van der Waals surface area contributed by atoms with Crippen LogP contribution in [0.1, 0.15) is 36.3 Å². The third kappa shape index (κ3) is 27.7. The summed E-state index contributed by atoms with van der Waals surface area (Å²) in [5.74, 6) is -1.23. The van der Waals surface area contributed by atoms with E-state index in [1.54, 1.807) is 7.05 Å². The third-order valence-corrected chi connectivity index (χ3v) is 9.66. The largest absolute Gasteiger partial charge is 0.481 e. The van der Waals surface area contributed by atoms with Crippen LogP contribution in [-0.4, -0.2) is 213 Å². The summed E-state index contributed by atoms with van der Waals surface area (Å²) in [6.07, 6.45) is 0.0874. The van der Waals surface area contributed by atoms with Gasteiger partial charge in [0.2, 0.25) is 5.91 Å². The van der Waals surface area contributed by atoms with Crippen molar-refractivity contribution in [3.05, 3.63) is 59.7 Å². The van der Waals surface area contributed by atoms with Crippen molar-refractivity contribution in [2.45, 2.75) is 25.2 Å². The Morgan fingerprint density at radius 3 is 1.18 bits per heavy atom. The number of hydrogen-bond acceptors (Lipinski definition) is 16. The predicted molar refractivity (Wildman–Crippen MR) is 242 cm³/mol. The highest BCUT2D eigenvalue weighted by atomic mass is 16.6. The van der Waals surface area contributed by atoms with Crippen molar-refractivity contribution in [1.29, 1.82) is 0 Å². The van der Waals surface area contributed by atoms with E-state index < -0.39 is 5.97 Å². The number of nitrogens with one attached hydrogen (secondary N) is 1. The average Bonchev–Trinajstić information content (AvgIpc) is 3.65. The lowest BCUT2D eigenvalue weighted by molar-refractivity contribution is -0.138. The maximum atomic E-state index is 12.6. The number of carbonyl (C=O) groups is 3. The first-order valence-corrected chi connectivity index (χ1v) is 22.9. The second-order valence-electron chi connectivity index (χ2n) is 14.7. The Morgan fingerprint density at radius 2 is 0.818 bits per heavy atom. The molecule has 0 saturated heterocycles. The van der Waals surface area contributed by atoms with Gasteiger partial charge in [-0.2, -0.15) is 0 Å². The molecule has 1 aliphatic rings. The molecule has 0 aliphatic heterocycles. The molecule has 0 heterocycles. The van der Waals surface area contributed by atoms with Crippen LogP contribution in [0, 0.1) is 0 Å². The zero-order valence-electron chi connectivity index (χ0n) is 38.8. The number of hydrogen-bond donors (Lipinski definition) is 2. The zero-order chi connectivity index (χ0) is 47.0. The van der Waals surface area contributed by atoms with Crippen molar-refractivity contribution in [3.63, 3.8) is 0 Å². The number of benzene rings is 2. The maximum absolute atomic E-state index is 12.6. The monoisotopic (exact) mass is 938 g/mol. The number of carboxylic acids is 1. The van der Waals surface area contributed by atoms with Crippen molar-refractivity contribution in [1.82, 2.24) is 10.2 Å². The Morgan fingerprint density at radius 1 is 0.485 bits per heavy atom. The van der Waals surface area contributed by atoms with Gasteiger partial charge in [-0.15, -0.1) is 0 Å². The summed E-state index contributed by atoms with van der Waals surface area (Å²) in [6.45, 7) is 12.2. The lowest BCUT2D eigenvalue weighted by Crippen LogP contribution is -2.32. The van der Waals surface area contributed by atoms with Gasteiger partial charge in [-0.3, -0.25) is 9.59 Å². The van der Waals surface area contributed by atoms with Gasteiger partial charge in [-0.1, -0.05) is 48.5 Å². The van der Waals surface area contributed by atoms with Crippen molar-refractivity contribution < 1.29 is 81.1 Å². The van der Waals surface area contributed by atoms with E-state index >= 15 is 0 Å². The van der Waals surface area contributed by atoms with Crippen LogP contribution < -0.4 is 5.32 Å². The molecule has 0 spiro atoms. The topological polar surface area (TPSA) is 207 Å². The minimum Gasteiger partial charge on any atom is -0.481 e. The molecule has 3 rings (SSSR count). The number of ether oxygens (including phenoxy) is 13. The lowest BCUT2D eigenvalue weighted by Gasteiger charge is -2.19. The molecule has 2 N–H and O–H groups in total. The van der Waals surface area contributed by atoms with E-state index in [0.29, 0.717) is 185 Å². The van der Waals surface area contributed by atoms with Gasteiger partial charge in [-0.25, -0.2) is 4.79 Å². The molecule has 2 aromatic carbocycles. The summed E-state index contributed by atoms with van der Waals surface area (Å²) in [6, 6.07) is 16.5. The molecule has 2 amide bonds. The van der Waals surface area contributed by atoms with Crippen LogP contribution in [0.2, 0.25) is 0 Å². The molecule has 66 heavy (non-hydrogen) atoms. The van der Waals surface area contributed by atoms with Crippen LogP contribution in [0.5, 0.6) is 0 Å². The highest BCUT2D eigenvalue weighted by Gasteiger charge is 2.29. The third-order valence-electron chi connectivity index (χ3n) is 9.66. The molecule has 0 aromatic heterocycles. The molecule has 0 bridgehead atoms. The van der Waals surface area contributed by atoms with Gasteiger partial charge in [-0.05, 0) is 28.7 Å². The number of rotatable bonds is 45. The number of fused-ring (bicyclic) bond motifs is 3. The molecular formula is C47H74N2O17. The summed E-state index contributed by atoms with van der Waals surface area (Å²) in [4.78, 5) is 36.0. The number of nitrogens with zero attached hydrogens (tertiary/aromatic N) is 1. The van der Waals surface area contributed by atoms with Crippen LogP contribution in [-0.2, 0) is 71.2 Å². The highest BCUT2D eigenvalue weighted by molar-refractivity contribution is 5.80. The Hall–Kier alpha value is -3.83. The van der Waals surface area contributed by atoms with Gasteiger partial charge >= 0.3 is 12.1 Å². The minimum atomic E-state index is -0.987. The fourth-order valence-electron chi connectivity index (χ4n) is 6.23. The van der Waals surface area contributed by atoms with Crippen LogP contribution in [0.15, 0.2) is 48.5 Å². The van der Waals surface area contributed by atoms with E-state index in [4.69, 9.17) is 66.7 Å². The van der Waals surface area contributed by atoms with Gasteiger partial charge in [0.25, 0.3) is 0 Å². The summed E-state index contributed by atoms with van der Waals surface area (Å²) < 4.78 is 71.7. The van der Waals surface area contributed by atoms with Crippen LogP contribution in [0.4, 0.5) is 4.79 Å². The molecule has 0 saturated carbocycles. The van der Waals surface area contributed by atoms with Crippen LogP contribution in [0.3, 0.4) is 0 Å². The molecule has 0 radical (unpaired) electrons. The molecular weight excluding hydrogens is 865 g/mol. The Bertz CT molecular complexity index is 1490. The molecule has 19 heteroatoms. The van der Waals surface area contributed by atoms with Crippen LogP contribution in [0.25, 0.3) is 11.1 Å². The van der Waals surface area contributed by atoms with E-state index in [2.05, 4.69) is 29.6 Å². The first kappa shape index (κ1) is 56.5. The first-order valence-electron chi connectivity index (χ1n) is 22.9. The summed E-state index contributed by atoms with van der Waals surface area (Å²) in [7, 11) is 1.71. The molecule has 0 fully saturated rings. The van der Waals surface area contributed by atoms with E-state index in [-0.39, 0.29) is 30.8 Å². The second kappa shape index (κ2) is 39.2. The SMILES string of the molecule is CN(CCOCCOCCOCCOCCOCCOCCOCCOCCOCCOCCOCCOCCCNC(=O)CCC(=O)O)C(=O)OCC1c2ccccc2-c2ccccc21. The number of amides is 2. The van der Waals surface area contributed by atoms with E-state index in [9.17, 15) is 14.4 Å². The fraction of sp³-hybridized carbons (Fsp3) is 0.681. The standard InChI is InChI=1S/C47H74N2O17/c1-49(47(53)66-39-44-42-9-4-2-7-40(42)41-8-3-5-10-43(41)44)14-16-55-18-20-57-22-24-59-26-28-61-30-32-63-34-36-65-38-37-64-35-33-62-31-29-60-27-25-58-23-21-56-19-17-54-15-6-13-48-45(50)11-12-46(51)52/h2-5,7-10,44H,6,11-39H2,1H3,(H,48,50)(H,51,52). The number of carboxylic acid groups (broad SMARTS) is 1. The van der Waals surface area contributed by atoms with Crippen molar-refractivity contribution in [3.8, 4) is 11.1 Å². The van der Waals surface area contributed by atoms with Crippen molar-refractivity contribution >= 4 is 18.0 Å². The second-order valence-corrected chi connectivity index (χ2v) is 14.7. The quantitative estimate of drug-likeness (QED) is 0.0913. The van der Waals surface area contributed by atoms with Crippen LogP contribution >= 0.6 is 0 Å². The molecule has 2 aromatic rings. The van der Waals surface area contributed by atoms with Gasteiger partial charge in [0.05, 0.1) is 158 Å². The van der Waals surface area contributed by atoms with E-state index in [1.807, 2.05) is 24.3 Å². The smallest absolute Gasteiger partial charge is 0.409 e. The van der Waals surface area contributed by atoms with Gasteiger partial charge in [0.1, 0.15) is 6.61 Å². The van der Waals surface area contributed by atoms with Gasteiger partial charge in [0.15, 0.2) is 0 Å². The summed E-state index contributed by atoms with van der Waals surface area (Å²) in [5.41, 5.74) is 4.77. The van der Waals surface area contributed by atoms with E-state index in [1.165, 1.54) is 27.2 Å².